The molecule has 0 heterocycles. The van der Waals surface area contributed by atoms with E-state index in [1.54, 1.807) is 29.2 Å². The standard InChI is InChI=1S/C32H42F3N3O3/c1-3-17-38(18-4-2)31(41)26-15-13-25(14-16-26)30(40)37-28(20-23-9-6-5-7-10-23)29(39)22-36-21-24-11-8-12-27(19-24)32(33,34)35/h5-7,9-10,13-16,24,27-28,36H,3-4,8,11-12,17-22H2,1-2H3,(H,37,40)/t24-,27?,28+/m1/s1. The van der Waals surface area contributed by atoms with Gasteiger partial charge in [-0.1, -0.05) is 50.6 Å². The number of ketones is 1. The highest BCUT2D eigenvalue weighted by molar-refractivity contribution is 6.00. The van der Waals surface area contributed by atoms with E-state index in [0.717, 1.165) is 18.4 Å². The monoisotopic (exact) mass is 573 g/mol. The zero-order valence-corrected chi connectivity index (χ0v) is 24.0. The number of nitrogens with one attached hydrogen (secondary N) is 2. The van der Waals surface area contributed by atoms with E-state index in [0.29, 0.717) is 43.6 Å². The molecule has 1 aliphatic carbocycles. The predicted octanol–water partition coefficient (Wildman–Crippen LogP) is 5.82. The summed E-state index contributed by atoms with van der Waals surface area (Å²) in [7, 11) is 0. The summed E-state index contributed by atoms with van der Waals surface area (Å²) in [5.74, 6) is -2.18. The van der Waals surface area contributed by atoms with Gasteiger partial charge >= 0.3 is 6.18 Å². The highest BCUT2D eigenvalue weighted by Crippen LogP contribution is 2.39. The SMILES string of the molecule is CCCN(CCC)C(=O)c1ccc(C(=O)N[C@@H](Cc2ccccc2)C(=O)CNC[C@@H]2CCCC(C(F)(F)F)C2)cc1. The van der Waals surface area contributed by atoms with E-state index in [4.69, 9.17) is 0 Å². The molecule has 3 atom stereocenters. The fourth-order valence-electron chi connectivity index (χ4n) is 5.43. The van der Waals surface area contributed by atoms with Crippen molar-refractivity contribution in [3.8, 4) is 0 Å². The molecule has 0 radical (unpaired) electrons. The molecule has 0 aromatic heterocycles. The Hall–Kier alpha value is -3.20. The lowest BCUT2D eigenvalue weighted by Crippen LogP contribution is -2.46. The summed E-state index contributed by atoms with van der Waals surface area (Å²) in [4.78, 5) is 41.0. The number of alkyl halides is 3. The second-order valence-electron chi connectivity index (χ2n) is 11.0. The van der Waals surface area contributed by atoms with Crippen LogP contribution in [0.15, 0.2) is 54.6 Å². The van der Waals surface area contributed by atoms with Crippen molar-refractivity contribution in [2.75, 3.05) is 26.2 Å². The van der Waals surface area contributed by atoms with Gasteiger partial charge in [0.25, 0.3) is 11.8 Å². The molecule has 0 spiro atoms. The maximum Gasteiger partial charge on any atom is 0.391 e. The molecule has 6 nitrogen and oxygen atoms in total. The summed E-state index contributed by atoms with van der Waals surface area (Å²) in [5, 5.41) is 5.88. The summed E-state index contributed by atoms with van der Waals surface area (Å²) in [5.41, 5.74) is 1.71. The summed E-state index contributed by atoms with van der Waals surface area (Å²) < 4.78 is 39.5. The molecular formula is C32H42F3N3O3. The topological polar surface area (TPSA) is 78.5 Å². The molecule has 2 amide bonds. The Balaban J connectivity index is 1.63. The van der Waals surface area contributed by atoms with Gasteiger partial charge in [0.2, 0.25) is 0 Å². The molecule has 3 rings (SSSR count). The van der Waals surface area contributed by atoms with Gasteiger partial charge in [0.05, 0.1) is 18.5 Å². The Morgan fingerprint density at radius 2 is 1.56 bits per heavy atom. The third-order valence-electron chi connectivity index (χ3n) is 7.62. The van der Waals surface area contributed by atoms with Crippen molar-refractivity contribution in [1.82, 2.24) is 15.5 Å². The smallest absolute Gasteiger partial charge is 0.342 e. The van der Waals surface area contributed by atoms with Crippen molar-refractivity contribution >= 4 is 17.6 Å². The molecule has 2 aromatic rings. The normalized spacial score (nSPS) is 18.0. The third-order valence-corrected chi connectivity index (χ3v) is 7.62. The molecule has 9 heteroatoms. The molecule has 1 saturated carbocycles. The van der Waals surface area contributed by atoms with Crippen molar-refractivity contribution < 1.29 is 27.6 Å². The molecule has 1 unspecified atom stereocenters. The van der Waals surface area contributed by atoms with Crippen LogP contribution in [-0.2, 0) is 11.2 Å². The summed E-state index contributed by atoms with van der Waals surface area (Å²) in [6.45, 7) is 5.64. The number of rotatable bonds is 14. The van der Waals surface area contributed by atoms with Crippen LogP contribution in [0.1, 0.15) is 78.7 Å². The van der Waals surface area contributed by atoms with Crippen LogP contribution in [0.4, 0.5) is 13.2 Å². The summed E-state index contributed by atoms with van der Waals surface area (Å²) in [6.07, 6.45) is -0.736. The first-order valence-electron chi connectivity index (χ1n) is 14.7. The van der Waals surface area contributed by atoms with Gasteiger partial charge in [-0.25, -0.2) is 0 Å². The molecule has 1 aliphatic rings. The first kappa shape index (κ1) is 32.3. The van der Waals surface area contributed by atoms with Crippen LogP contribution < -0.4 is 10.6 Å². The average molecular weight is 574 g/mol. The minimum absolute atomic E-state index is 0.0525. The van der Waals surface area contributed by atoms with Gasteiger partial charge in [0.15, 0.2) is 5.78 Å². The third kappa shape index (κ3) is 9.99. The average Bonchev–Trinajstić information content (AvgIpc) is 2.96. The van der Waals surface area contributed by atoms with E-state index >= 15 is 0 Å². The van der Waals surface area contributed by atoms with Gasteiger partial charge in [-0.3, -0.25) is 14.4 Å². The van der Waals surface area contributed by atoms with Crippen molar-refractivity contribution in [3.05, 3.63) is 71.3 Å². The maximum absolute atomic E-state index is 13.2. The summed E-state index contributed by atoms with van der Waals surface area (Å²) in [6, 6.07) is 14.9. The number of carbonyl (C=O) groups excluding carboxylic acids is 3. The zero-order chi connectivity index (χ0) is 29.8. The van der Waals surface area contributed by atoms with Crippen LogP contribution in [0.2, 0.25) is 0 Å². The van der Waals surface area contributed by atoms with Crippen molar-refractivity contribution in [1.29, 1.82) is 0 Å². The van der Waals surface area contributed by atoms with Crippen LogP contribution in [0.3, 0.4) is 0 Å². The Bertz CT molecular complexity index is 1120. The second-order valence-corrected chi connectivity index (χ2v) is 11.0. The number of amides is 2. The van der Waals surface area contributed by atoms with Crippen molar-refractivity contribution in [3.63, 3.8) is 0 Å². The van der Waals surface area contributed by atoms with E-state index in [9.17, 15) is 27.6 Å². The molecule has 0 saturated heterocycles. The van der Waals surface area contributed by atoms with E-state index < -0.39 is 24.0 Å². The van der Waals surface area contributed by atoms with E-state index in [2.05, 4.69) is 10.6 Å². The molecule has 0 aliphatic heterocycles. The highest BCUT2D eigenvalue weighted by Gasteiger charge is 2.42. The van der Waals surface area contributed by atoms with Gasteiger partial charge in [-0.2, -0.15) is 13.2 Å². The number of benzene rings is 2. The molecule has 41 heavy (non-hydrogen) atoms. The zero-order valence-electron chi connectivity index (χ0n) is 24.0. The lowest BCUT2D eigenvalue weighted by atomic mass is 9.81. The van der Waals surface area contributed by atoms with E-state index in [1.807, 2.05) is 44.2 Å². The minimum atomic E-state index is -4.19. The molecule has 2 aromatic carbocycles. The fraction of sp³-hybridized carbons (Fsp3) is 0.531. The molecule has 2 N–H and O–H groups in total. The Morgan fingerprint density at radius 3 is 2.17 bits per heavy atom. The molecule has 0 bridgehead atoms. The highest BCUT2D eigenvalue weighted by atomic mass is 19.4. The van der Waals surface area contributed by atoms with Gasteiger partial charge in [-0.15, -0.1) is 0 Å². The lowest BCUT2D eigenvalue weighted by Gasteiger charge is -2.30. The number of hydrogen-bond donors (Lipinski definition) is 2. The second kappa shape index (κ2) is 15.7. The Labute approximate surface area is 241 Å². The van der Waals surface area contributed by atoms with Crippen LogP contribution in [0.5, 0.6) is 0 Å². The van der Waals surface area contributed by atoms with Crippen LogP contribution >= 0.6 is 0 Å². The summed E-state index contributed by atoms with van der Waals surface area (Å²) >= 11 is 0. The number of hydrogen-bond acceptors (Lipinski definition) is 4. The van der Waals surface area contributed by atoms with Crippen LogP contribution in [-0.4, -0.2) is 60.9 Å². The number of Topliss-reactive ketones (excluding diaryl/α,β-unsaturated/α-hetero) is 1. The van der Waals surface area contributed by atoms with E-state index in [-0.39, 0.29) is 43.4 Å². The number of halogens is 3. The first-order valence-corrected chi connectivity index (χ1v) is 14.7. The van der Waals surface area contributed by atoms with Crippen LogP contribution in [0, 0.1) is 11.8 Å². The quantitative estimate of drug-likeness (QED) is 0.299. The first-order chi connectivity index (χ1) is 19.6. The lowest BCUT2D eigenvalue weighted by molar-refractivity contribution is -0.185. The largest absolute Gasteiger partial charge is 0.391 e. The fourth-order valence-corrected chi connectivity index (χ4v) is 5.43. The molecule has 1 fully saturated rings. The van der Waals surface area contributed by atoms with Gasteiger partial charge in [0, 0.05) is 24.2 Å². The Kier molecular flexibility index (Phi) is 12.4. The molecule has 224 valence electrons. The number of carbonyl (C=O) groups is 3. The van der Waals surface area contributed by atoms with Crippen LogP contribution in [0.25, 0.3) is 0 Å². The van der Waals surface area contributed by atoms with Gasteiger partial charge in [0.1, 0.15) is 0 Å². The number of nitrogens with zero attached hydrogens (tertiary/aromatic N) is 1. The van der Waals surface area contributed by atoms with Crippen molar-refractivity contribution in [2.24, 2.45) is 11.8 Å². The minimum Gasteiger partial charge on any atom is -0.342 e. The Morgan fingerprint density at radius 1 is 0.927 bits per heavy atom. The van der Waals surface area contributed by atoms with Gasteiger partial charge in [-0.05, 0) is 80.8 Å². The van der Waals surface area contributed by atoms with E-state index in [1.165, 1.54) is 0 Å². The predicted molar refractivity (Wildman–Crippen MR) is 154 cm³/mol. The molecular weight excluding hydrogens is 531 g/mol. The van der Waals surface area contributed by atoms with Crippen molar-refractivity contribution in [2.45, 2.75) is 71.0 Å². The maximum atomic E-state index is 13.2. The van der Waals surface area contributed by atoms with Gasteiger partial charge < -0.3 is 15.5 Å².